The molecule has 3 unspecified atom stereocenters. The van der Waals surface area contributed by atoms with E-state index < -0.39 is 0 Å². The van der Waals surface area contributed by atoms with Gasteiger partial charge in [-0.2, -0.15) is 0 Å². The van der Waals surface area contributed by atoms with Crippen LogP contribution in [-0.2, 0) is 4.79 Å². The lowest BCUT2D eigenvalue weighted by molar-refractivity contribution is -0.122. The zero-order valence-corrected chi connectivity index (χ0v) is 18.6. The van der Waals surface area contributed by atoms with E-state index in [2.05, 4.69) is 21.6 Å². The van der Waals surface area contributed by atoms with Crippen LogP contribution in [0.15, 0.2) is 24.3 Å². The largest absolute Gasteiger partial charge is 0.354 e. The van der Waals surface area contributed by atoms with Gasteiger partial charge in [0.15, 0.2) is 0 Å². The minimum absolute atomic E-state index is 0. The maximum atomic E-state index is 12.6. The Hall–Kier alpha value is -0.520. The summed E-state index contributed by atoms with van der Waals surface area (Å²) in [5, 5.41) is 7.65. The molecule has 0 aliphatic carbocycles. The molecule has 2 bridgehead atoms. The molecule has 1 amide bonds. The van der Waals surface area contributed by atoms with Gasteiger partial charge < -0.3 is 10.6 Å². The minimum Gasteiger partial charge on any atom is -0.354 e. The smallest absolute Gasteiger partial charge is 0.220 e. The van der Waals surface area contributed by atoms with Crippen LogP contribution in [-0.4, -0.2) is 42.5 Å². The van der Waals surface area contributed by atoms with Crippen LogP contribution in [0.3, 0.4) is 0 Å². The standard InChI is InChI=1S/C21H30ClN3O.2ClH/c22-17-5-3-4-16(13-17)20(25-8-1-2-9-25)14-23-21(26)12-15-10-18-6-7-19(11-15)24-18;;/h3-5,13,15,18-20,24H,1-2,6-12,14H2,(H,23,26);2*1H. The second-order valence-electron chi connectivity index (χ2n) is 8.30. The number of piperidine rings is 1. The Morgan fingerprint density at radius 3 is 2.50 bits per heavy atom. The van der Waals surface area contributed by atoms with E-state index in [-0.39, 0.29) is 36.8 Å². The van der Waals surface area contributed by atoms with Crippen molar-refractivity contribution in [2.75, 3.05) is 19.6 Å². The Bertz CT molecular complexity index is 627. The van der Waals surface area contributed by atoms with Gasteiger partial charge >= 0.3 is 0 Å². The summed E-state index contributed by atoms with van der Waals surface area (Å²) in [7, 11) is 0. The third-order valence-corrected chi connectivity index (χ3v) is 6.59. The minimum atomic E-state index is 0. The maximum absolute atomic E-state index is 12.6. The average Bonchev–Trinajstić information content (AvgIpc) is 3.25. The third kappa shape index (κ3) is 5.99. The average molecular weight is 449 g/mol. The van der Waals surface area contributed by atoms with Gasteiger partial charge in [-0.3, -0.25) is 9.69 Å². The Kier molecular flexibility index (Phi) is 9.36. The Morgan fingerprint density at radius 2 is 1.86 bits per heavy atom. The number of carbonyl (C=O) groups excluding carboxylic acids is 1. The molecule has 1 aromatic rings. The first-order chi connectivity index (χ1) is 12.7. The number of hydrogen-bond acceptors (Lipinski definition) is 3. The Labute approximate surface area is 186 Å². The van der Waals surface area contributed by atoms with Crippen molar-refractivity contribution < 1.29 is 4.79 Å². The zero-order valence-electron chi connectivity index (χ0n) is 16.2. The van der Waals surface area contributed by atoms with E-state index in [1.807, 2.05) is 18.2 Å². The number of nitrogens with one attached hydrogen (secondary N) is 2. The lowest BCUT2D eigenvalue weighted by Crippen LogP contribution is -2.41. The van der Waals surface area contributed by atoms with Gasteiger partial charge in [0.1, 0.15) is 0 Å². The molecular weight excluding hydrogens is 417 g/mol. The summed E-state index contributed by atoms with van der Waals surface area (Å²) in [6.45, 7) is 2.88. The predicted molar refractivity (Wildman–Crippen MR) is 120 cm³/mol. The molecule has 3 fully saturated rings. The van der Waals surface area contributed by atoms with Crippen molar-refractivity contribution in [2.45, 2.75) is 63.1 Å². The SMILES string of the molecule is Cl.Cl.O=C(CC1CC2CCC(C1)N2)NCC(c1cccc(Cl)c1)N1CCCC1. The van der Waals surface area contributed by atoms with E-state index in [9.17, 15) is 4.79 Å². The molecule has 158 valence electrons. The zero-order chi connectivity index (χ0) is 17.9. The summed E-state index contributed by atoms with van der Waals surface area (Å²) < 4.78 is 0. The Balaban J connectivity index is 0.00000140. The molecule has 0 saturated carbocycles. The highest BCUT2D eigenvalue weighted by Gasteiger charge is 2.34. The molecule has 3 heterocycles. The number of rotatable bonds is 6. The highest BCUT2D eigenvalue weighted by atomic mass is 35.5. The highest BCUT2D eigenvalue weighted by molar-refractivity contribution is 6.30. The first-order valence-corrected chi connectivity index (χ1v) is 10.6. The summed E-state index contributed by atoms with van der Waals surface area (Å²) in [4.78, 5) is 15.1. The fraction of sp³-hybridized carbons (Fsp3) is 0.667. The number of fused-ring (bicyclic) bond motifs is 2. The van der Waals surface area contributed by atoms with Gasteiger partial charge in [-0.05, 0) is 75.2 Å². The second kappa shape index (κ2) is 11.0. The normalized spacial score (nSPS) is 27.5. The summed E-state index contributed by atoms with van der Waals surface area (Å²) in [6.07, 6.45) is 8.05. The molecule has 4 nitrogen and oxygen atoms in total. The fourth-order valence-electron chi connectivity index (χ4n) is 5.11. The lowest BCUT2D eigenvalue weighted by atomic mass is 9.89. The van der Waals surface area contributed by atoms with Crippen molar-refractivity contribution in [1.29, 1.82) is 0 Å². The maximum Gasteiger partial charge on any atom is 0.220 e. The van der Waals surface area contributed by atoms with Crippen LogP contribution in [0.2, 0.25) is 5.02 Å². The lowest BCUT2D eigenvalue weighted by Gasteiger charge is -2.30. The highest BCUT2D eigenvalue weighted by Crippen LogP contribution is 2.32. The number of halogens is 3. The number of benzene rings is 1. The van der Waals surface area contributed by atoms with Crippen molar-refractivity contribution in [1.82, 2.24) is 15.5 Å². The van der Waals surface area contributed by atoms with Gasteiger partial charge in [-0.25, -0.2) is 0 Å². The van der Waals surface area contributed by atoms with Gasteiger partial charge in [-0.1, -0.05) is 23.7 Å². The molecule has 1 aromatic carbocycles. The van der Waals surface area contributed by atoms with Crippen LogP contribution in [0.1, 0.15) is 56.6 Å². The third-order valence-electron chi connectivity index (χ3n) is 6.35. The predicted octanol–water partition coefficient (Wildman–Crippen LogP) is 4.36. The molecule has 3 atom stereocenters. The van der Waals surface area contributed by atoms with Crippen LogP contribution >= 0.6 is 36.4 Å². The topological polar surface area (TPSA) is 44.4 Å². The number of likely N-dealkylation sites (tertiary alicyclic amines) is 1. The van der Waals surface area contributed by atoms with Gasteiger partial charge in [0, 0.05) is 30.1 Å². The Morgan fingerprint density at radius 1 is 1.18 bits per heavy atom. The molecule has 4 rings (SSSR count). The monoisotopic (exact) mass is 447 g/mol. The molecule has 3 aliphatic rings. The van der Waals surface area contributed by atoms with Gasteiger partial charge in [0.05, 0.1) is 6.04 Å². The first-order valence-electron chi connectivity index (χ1n) is 10.2. The van der Waals surface area contributed by atoms with Crippen LogP contribution in [0.4, 0.5) is 0 Å². The van der Waals surface area contributed by atoms with Crippen molar-refractivity contribution >= 4 is 42.3 Å². The van der Waals surface area contributed by atoms with E-state index >= 15 is 0 Å². The van der Waals surface area contributed by atoms with E-state index in [0.29, 0.717) is 31.0 Å². The summed E-state index contributed by atoms with van der Waals surface area (Å²) in [6, 6.07) is 9.62. The number of amides is 1. The molecule has 0 spiro atoms. The van der Waals surface area contributed by atoms with Gasteiger partial charge in [-0.15, -0.1) is 24.8 Å². The summed E-state index contributed by atoms with van der Waals surface area (Å²) in [5.41, 5.74) is 1.21. The van der Waals surface area contributed by atoms with Gasteiger partial charge in [0.25, 0.3) is 0 Å². The second-order valence-corrected chi connectivity index (χ2v) is 8.73. The van der Waals surface area contributed by atoms with Gasteiger partial charge in [0.2, 0.25) is 5.91 Å². The molecule has 3 saturated heterocycles. The molecule has 3 aliphatic heterocycles. The van der Waals surface area contributed by atoms with E-state index in [4.69, 9.17) is 11.6 Å². The molecule has 7 heteroatoms. The fourth-order valence-corrected chi connectivity index (χ4v) is 5.31. The van der Waals surface area contributed by atoms with Crippen LogP contribution in [0, 0.1) is 5.92 Å². The number of carbonyl (C=O) groups is 1. The van der Waals surface area contributed by atoms with Crippen LogP contribution in [0.25, 0.3) is 0 Å². The quantitative estimate of drug-likeness (QED) is 0.679. The van der Waals surface area contributed by atoms with Crippen LogP contribution < -0.4 is 10.6 Å². The number of nitrogens with zero attached hydrogens (tertiary/aromatic N) is 1. The van der Waals surface area contributed by atoms with E-state index in [1.54, 1.807) is 0 Å². The summed E-state index contributed by atoms with van der Waals surface area (Å²) in [5.74, 6) is 0.757. The molecular formula is C21H32Cl3N3O. The summed E-state index contributed by atoms with van der Waals surface area (Å²) >= 11 is 6.21. The van der Waals surface area contributed by atoms with Crippen molar-refractivity contribution in [3.63, 3.8) is 0 Å². The molecule has 28 heavy (non-hydrogen) atoms. The van der Waals surface area contributed by atoms with E-state index in [1.165, 1.54) is 31.2 Å². The van der Waals surface area contributed by atoms with Crippen LogP contribution in [0.5, 0.6) is 0 Å². The first kappa shape index (κ1) is 23.8. The molecule has 0 aromatic heterocycles. The molecule has 2 N–H and O–H groups in total. The van der Waals surface area contributed by atoms with Crippen molar-refractivity contribution in [3.05, 3.63) is 34.9 Å². The molecule has 0 radical (unpaired) electrons. The van der Waals surface area contributed by atoms with Crippen molar-refractivity contribution in [3.8, 4) is 0 Å². The van der Waals surface area contributed by atoms with Crippen molar-refractivity contribution in [2.24, 2.45) is 5.92 Å². The number of hydrogen-bond donors (Lipinski definition) is 2. The van der Waals surface area contributed by atoms with E-state index in [0.717, 1.165) is 31.0 Å².